The van der Waals surface area contributed by atoms with Gasteiger partial charge in [-0.05, 0) is 48.0 Å². The van der Waals surface area contributed by atoms with Crippen LogP contribution < -0.4 is 14.8 Å². The summed E-state index contributed by atoms with van der Waals surface area (Å²) in [6.07, 6.45) is 0. The number of rotatable bonds is 7. The van der Waals surface area contributed by atoms with Crippen LogP contribution in [-0.2, 0) is 10.4 Å². The van der Waals surface area contributed by atoms with Gasteiger partial charge in [0.05, 0.1) is 25.1 Å². The third kappa shape index (κ3) is 3.68. The first kappa shape index (κ1) is 22.0. The number of nitrogens with one attached hydrogen (secondary N) is 1. The maximum absolute atomic E-state index is 13.7. The van der Waals surface area contributed by atoms with E-state index in [0.717, 1.165) is 6.07 Å². The number of ether oxygens (including phenoxy) is 2. The van der Waals surface area contributed by atoms with Gasteiger partial charge in [0.25, 0.3) is 11.6 Å². The van der Waals surface area contributed by atoms with E-state index in [4.69, 9.17) is 9.47 Å². The minimum atomic E-state index is -2.38. The average Bonchev–Trinajstić information content (AvgIpc) is 3.09. The molecule has 0 fully saturated rings. The largest absolute Gasteiger partial charge is 0.497 e. The Hall–Kier alpha value is -4.24. The highest BCUT2D eigenvalue weighted by molar-refractivity contribution is 6.12. The van der Waals surface area contributed by atoms with Crippen molar-refractivity contribution in [3.8, 4) is 11.5 Å². The van der Waals surface area contributed by atoms with Gasteiger partial charge in [-0.25, -0.2) is 0 Å². The second kappa shape index (κ2) is 8.36. The third-order valence-electron chi connectivity index (χ3n) is 5.72. The van der Waals surface area contributed by atoms with Crippen molar-refractivity contribution in [2.24, 2.45) is 0 Å². The monoisotopic (exact) mass is 448 g/mol. The van der Waals surface area contributed by atoms with Crippen LogP contribution in [0.25, 0.3) is 0 Å². The molecule has 1 aliphatic heterocycles. The van der Waals surface area contributed by atoms with Crippen LogP contribution in [0.1, 0.15) is 27.4 Å². The number of non-ortho nitro benzene ring substituents is 1. The summed E-state index contributed by atoms with van der Waals surface area (Å²) in [5, 5.41) is 25.7. The molecule has 0 saturated carbocycles. The molecule has 1 amide bonds. The first-order valence-electron chi connectivity index (χ1n) is 9.94. The predicted octanol–water partition coefficient (Wildman–Crippen LogP) is 3.42. The van der Waals surface area contributed by atoms with Gasteiger partial charge in [-0.1, -0.05) is 12.1 Å². The molecule has 168 valence electrons. The molecule has 33 heavy (non-hydrogen) atoms. The number of hydrogen-bond donors (Lipinski definition) is 2. The van der Waals surface area contributed by atoms with Gasteiger partial charge in [0.15, 0.2) is 11.4 Å². The van der Waals surface area contributed by atoms with E-state index in [1.54, 1.807) is 36.4 Å². The number of nitro benzene ring substituents is 1. The number of carbonyl (C=O) groups is 2. The van der Waals surface area contributed by atoms with E-state index < -0.39 is 28.1 Å². The first-order valence-corrected chi connectivity index (χ1v) is 9.94. The molecule has 3 aromatic carbocycles. The fourth-order valence-electron chi connectivity index (χ4n) is 4.00. The number of fused-ring (bicyclic) bond motifs is 1. The Morgan fingerprint density at radius 3 is 2.12 bits per heavy atom. The van der Waals surface area contributed by atoms with Crippen LogP contribution in [-0.4, -0.2) is 35.9 Å². The van der Waals surface area contributed by atoms with Crippen molar-refractivity contribution in [3.05, 3.63) is 93.5 Å². The number of benzene rings is 3. The Morgan fingerprint density at radius 2 is 1.58 bits per heavy atom. The summed E-state index contributed by atoms with van der Waals surface area (Å²) in [5.41, 5.74) is -1.95. The molecule has 4 rings (SSSR count). The van der Waals surface area contributed by atoms with Crippen LogP contribution in [0.2, 0.25) is 0 Å². The minimum Gasteiger partial charge on any atom is -0.497 e. The Labute approximate surface area is 188 Å². The van der Waals surface area contributed by atoms with E-state index in [1.807, 2.05) is 0 Å². The van der Waals surface area contributed by atoms with Crippen molar-refractivity contribution in [2.45, 2.75) is 11.5 Å². The zero-order chi connectivity index (χ0) is 23.8. The molecule has 9 heteroatoms. The summed E-state index contributed by atoms with van der Waals surface area (Å²) >= 11 is 0. The zero-order valence-electron chi connectivity index (χ0n) is 17.8. The minimum absolute atomic E-state index is 0.0376. The van der Waals surface area contributed by atoms with Gasteiger partial charge < -0.3 is 19.9 Å². The molecule has 1 heterocycles. The standard InChI is InChI=1S/C24H20N2O7/c1-32-17-8-3-14(4-9-17)21(22(27)15-5-10-18(33-2)11-6-15)24(29)19-13-16(26(30)31)7-12-20(19)25-23(24)28/h3-13,21,29H,1-2H3,(H,25,28)/t21-,24+/m1/s1. The van der Waals surface area contributed by atoms with Crippen molar-refractivity contribution >= 4 is 23.1 Å². The van der Waals surface area contributed by atoms with Crippen molar-refractivity contribution < 1.29 is 29.1 Å². The molecule has 0 radical (unpaired) electrons. The molecule has 0 aromatic heterocycles. The second-order valence-corrected chi connectivity index (χ2v) is 7.51. The maximum Gasteiger partial charge on any atom is 0.269 e. The van der Waals surface area contributed by atoms with Crippen LogP contribution in [0.4, 0.5) is 11.4 Å². The van der Waals surface area contributed by atoms with Crippen LogP contribution in [0.3, 0.4) is 0 Å². The lowest BCUT2D eigenvalue weighted by Gasteiger charge is -2.30. The van der Waals surface area contributed by atoms with E-state index in [1.165, 1.54) is 38.5 Å². The number of nitrogens with zero attached hydrogens (tertiary/aromatic N) is 1. The summed E-state index contributed by atoms with van der Waals surface area (Å²) in [7, 11) is 2.98. The zero-order valence-corrected chi connectivity index (χ0v) is 17.8. The maximum atomic E-state index is 13.7. The average molecular weight is 448 g/mol. The molecule has 0 bridgehead atoms. The first-order chi connectivity index (χ1) is 15.8. The number of carbonyl (C=O) groups excluding carboxylic acids is 2. The van der Waals surface area contributed by atoms with Crippen molar-refractivity contribution in [2.75, 3.05) is 19.5 Å². The number of anilines is 1. The molecule has 0 saturated heterocycles. The summed E-state index contributed by atoms with van der Waals surface area (Å²) in [4.78, 5) is 37.5. The van der Waals surface area contributed by atoms with Gasteiger partial charge in [0.1, 0.15) is 11.5 Å². The number of hydrogen-bond acceptors (Lipinski definition) is 7. The van der Waals surface area contributed by atoms with Crippen LogP contribution in [0.15, 0.2) is 66.7 Å². The molecule has 2 N–H and O–H groups in total. The van der Waals surface area contributed by atoms with E-state index in [9.17, 15) is 24.8 Å². The molecule has 0 aliphatic carbocycles. The topological polar surface area (TPSA) is 128 Å². The highest BCUT2D eigenvalue weighted by atomic mass is 16.6. The normalized spacial score (nSPS) is 17.6. The highest BCUT2D eigenvalue weighted by Crippen LogP contribution is 2.48. The lowest BCUT2D eigenvalue weighted by atomic mass is 9.74. The summed E-state index contributed by atoms with van der Waals surface area (Å²) in [6.45, 7) is 0. The van der Waals surface area contributed by atoms with Crippen molar-refractivity contribution in [1.82, 2.24) is 0 Å². The number of Topliss-reactive ketones (excluding diaryl/α,β-unsaturated/α-hetero) is 1. The van der Waals surface area contributed by atoms with Gasteiger partial charge in [-0.2, -0.15) is 0 Å². The van der Waals surface area contributed by atoms with E-state index >= 15 is 0 Å². The number of amides is 1. The highest BCUT2D eigenvalue weighted by Gasteiger charge is 2.55. The van der Waals surface area contributed by atoms with E-state index in [-0.39, 0.29) is 22.5 Å². The molecule has 3 aromatic rings. The predicted molar refractivity (Wildman–Crippen MR) is 119 cm³/mol. The van der Waals surface area contributed by atoms with Gasteiger partial charge in [0.2, 0.25) is 0 Å². The van der Waals surface area contributed by atoms with Gasteiger partial charge in [-0.15, -0.1) is 0 Å². The summed E-state index contributed by atoms with van der Waals surface area (Å²) in [5.74, 6) is -1.72. The lowest BCUT2D eigenvalue weighted by Crippen LogP contribution is -2.44. The molecule has 0 spiro atoms. The second-order valence-electron chi connectivity index (χ2n) is 7.51. The Kier molecular flexibility index (Phi) is 5.57. The SMILES string of the molecule is COc1ccc(C(=O)[C@@H](c2ccc(OC)cc2)[C@]2(O)C(=O)Nc3ccc([N+](=O)[O-])cc32)cc1. The quantitative estimate of drug-likeness (QED) is 0.322. The number of aliphatic hydroxyl groups is 1. The van der Waals surface area contributed by atoms with E-state index in [0.29, 0.717) is 17.1 Å². The lowest BCUT2D eigenvalue weighted by molar-refractivity contribution is -0.385. The molecule has 0 unspecified atom stereocenters. The Morgan fingerprint density at radius 1 is 1.00 bits per heavy atom. The van der Waals surface area contributed by atoms with Gasteiger partial charge >= 0.3 is 0 Å². The number of nitro groups is 1. The van der Waals surface area contributed by atoms with Crippen LogP contribution in [0.5, 0.6) is 11.5 Å². The Bertz CT molecular complexity index is 1240. The summed E-state index contributed by atoms with van der Waals surface area (Å²) < 4.78 is 10.3. The van der Waals surface area contributed by atoms with Crippen LogP contribution >= 0.6 is 0 Å². The molecular formula is C24H20N2O7. The number of ketones is 1. The molecule has 1 aliphatic rings. The summed E-state index contributed by atoms with van der Waals surface area (Å²) in [6, 6.07) is 16.3. The Balaban J connectivity index is 1.90. The van der Waals surface area contributed by atoms with Gasteiger partial charge in [-0.3, -0.25) is 19.7 Å². The smallest absolute Gasteiger partial charge is 0.269 e. The molecule has 9 nitrogen and oxygen atoms in total. The molecular weight excluding hydrogens is 428 g/mol. The fourth-order valence-corrected chi connectivity index (χ4v) is 4.00. The van der Waals surface area contributed by atoms with E-state index in [2.05, 4.69) is 5.32 Å². The third-order valence-corrected chi connectivity index (χ3v) is 5.72. The number of methoxy groups -OCH3 is 2. The van der Waals surface area contributed by atoms with Crippen LogP contribution in [0, 0.1) is 10.1 Å². The van der Waals surface area contributed by atoms with Crippen molar-refractivity contribution in [3.63, 3.8) is 0 Å². The van der Waals surface area contributed by atoms with Crippen molar-refractivity contribution in [1.29, 1.82) is 0 Å². The van der Waals surface area contributed by atoms with Gasteiger partial charge in [0, 0.05) is 28.9 Å². The fraction of sp³-hybridized carbons (Fsp3) is 0.167. The molecule has 2 atom stereocenters.